The topological polar surface area (TPSA) is 46.5 Å². The first-order valence-electron chi connectivity index (χ1n) is 4.94. The molecule has 0 saturated carbocycles. The highest BCUT2D eigenvalue weighted by atomic mass is 16.5. The van der Waals surface area contributed by atoms with Crippen molar-refractivity contribution in [3.8, 4) is 0 Å². The Hall–Kier alpha value is -0.830. The molecule has 0 amide bonds. The summed E-state index contributed by atoms with van der Waals surface area (Å²) in [5, 5.41) is 9.48. The molecule has 0 aromatic carbocycles. The molecule has 2 atom stereocenters. The first-order valence-corrected chi connectivity index (χ1v) is 4.94. The highest BCUT2D eigenvalue weighted by Gasteiger charge is 2.15. The molecule has 0 heterocycles. The molecular weight excluding hydrogens is 180 g/mol. The van der Waals surface area contributed by atoms with Crippen LogP contribution in [0.5, 0.6) is 0 Å². The van der Waals surface area contributed by atoms with Gasteiger partial charge in [-0.1, -0.05) is 26.8 Å². The van der Waals surface area contributed by atoms with Gasteiger partial charge in [0.1, 0.15) is 6.10 Å². The van der Waals surface area contributed by atoms with Crippen molar-refractivity contribution < 1.29 is 14.6 Å². The number of aliphatic hydroxyl groups is 1. The standard InChI is InChI=1S/C11H19O3/c1-4-7-9(12)8-10(5-2)14-11(13)6-3/h6,9-10,12H,1,3-5,7-8H2,2H3. The Kier molecular flexibility index (Phi) is 7.11. The maximum Gasteiger partial charge on any atom is 0.330 e. The van der Waals surface area contributed by atoms with Gasteiger partial charge in [-0.3, -0.25) is 0 Å². The van der Waals surface area contributed by atoms with Gasteiger partial charge in [0.25, 0.3) is 0 Å². The number of aliphatic hydroxyl groups excluding tert-OH is 1. The van der Waals surface area contributed by atoms with E-state index in [0.29, 0.717) is 25.7 Å². The van der Waals surface area contributed by atoms with Crippen LogP contribution < -0.4 is 0 Å². The second-order valence-corrected chi connectivity index (χ2v) is 3.20. The lowest BCUT2D eigenvalue weighted by molar-refractivity contribution is -0.144. The van der Waals surface area contributed by atoms with Gasteiger partial charge in [-0.2, -0.15) is 0 Å². The van der Waals surface area contributed by atoms with Gasteiger partial charge in [0, 0.05) is 12.5 Å². The summed E-state index contributed by atoms with van der Waals surface area (Å²) in [4.78, 5) is 10.9. The zero-order valence-corrected chi connectivity index (χ0v) is 8.74. The quantitative estimate of drug-likeness (QED) is 0.503. The molecule has 0 aromatic heterocycles. The van der Waals surface area contributed by atoms with Crippen molar-refractivity contribution in [1.29, 1.82) is 0 Å². The van der Waals surface area contributed by atoms with Crippen LogP contribution in [-0.4, -0.2) is 23.3 Å². The first kappa shape index (κ1) is 13.2. The number of hydrogen-bond acceptors (Lipinski definition) is 3. The zero-order chi connectivity index (χ0) is 11.0. The summed E-state index contributed by atoms with van der Waals surface area (Å²) in [6.45, 7) is 8.88. The summed E-state index contributed by atoms with van der Waals surface area (Å²) >= 11 is 0. The van der Waals surface area contributed by atoms with Crippen molar-refractivity contribution in [2.75, 3.05) is 0 Å². The summed E-state index contributed by atoms with van der Waals surface area (Å²) in [7, 11) is 0. The Morgan fingerprint density at radius 3 is 2.71 bits per heavy atom. The van der Waals surface area contributed by atoms with Crippen molar-refractivity contribution in [3.63, 3.8) is 0 Å². The van der Waals surface area contributed by atoms with Gasteiger partial charge >= 0.3 is 5.97 Å². The number of hydrogen-bond donors (Lipinski definition) is 1. The number of rotatable bonds is 7. The lowest BCUT2D eigenvalue weighted by Gasteiger charge is -2.18. The van der Waals surface area contributed by atoms with Gasteiger partial charge in [-0.25, -0.2) is 4.79 Å². The predicted octanol–water partition coefficient (Wildman–Crippen LogP) is 1.86. The lowest BCUT2D eigenvalue weighted by atomic mass is 10.1. The Morgan fingerprint density at radius 2 is 2.29 bits per heavy atom. The van der Waals surface area contributed by atoms with Crippen LogP contribution in [0.4, 0.5) is 0 Å². The van der Waals surface area contributed by atoms with E-state index >= 15 is 0 Å². The Morgan fingerprint density at radius 1 is 1.64 bits per heavy atom. The zero-order valence-electron chi connectivity index (χ0n) is 8.74. The Balaban J connectivity index is 3.89. The number of ether oxygens (including phenoxy) is 1. The molecular formula is C11H19O3. The highest BCUT2D eigenvalue weighted by Crippen LogP contribution is 2.11. The van der Waals surface area contributed by atoms with Crippen molar-refractivity contribution in [2.45, 2.75) is 44.8 Å². The maximum absolute atomic E-state index is 10.9. The summed E-state index contributed by atoms with van der Waals surface area (Å²) in [5.74, 6) is -0.432. The molecule has 2 unspecified atom stereocenters. The van der Waals surface area contributed by atoms with Crippen molar-refractivity contribution in [2.24, 2.45) is 0 Å². The molecule has 3 nitrogen and oxygen atoms in total. The van der Waals surface area contributed by atoms with Gasteiger partial charge in [0.15, 0.2) is 0 Å². The van der Waals surface area contributed by atoms with Gasteiger partial charge < -0.3 is 9.84 Å². The van der Waals surface area contributed by atoms with Gasteiger partial charge in [0.05, 0.1) is 6.10 Å². The largest absolute Gasteiger partial charge is 0.459 e. The van der Waals surface area contributed by atoms with Crippen LogP contribution in [0.25, 0.3) is 0 Å². The first-order chi connectivity index (χ1) is 6.63. The lowest BCUT2D eigenvalue weighted by Crippen LogP contribution is -2.22. The van der Waals surface area contributed by atoms with E-state index in [-0.39, 0.29) is 6.10 Å². The number of carbonyl (C=O) groups excluding carboxylic acids is 1. The summed E-state index contributed by atoms with van der Waals surface area (Å²) in [6.07, 6.45) is 2.99. The monoisotopic (exact) mass is 199 g/mol. The van der Waals surface area contributed by atoms with Crippen LogP contribution in [0.15, 0.2) is 12.7 Å². The van der Waals surface area contributed by atoms with Crippen LogP contribution in [0.2, 0.25) is 0 Å². The molecule has 0 aliphatic rings. The normalized spacial score (nSPS) is 14.5. The SMILES string of the molecule is [CH2]CCC(O)CC(CC)OC(=O)C=C. The second-order valence-electron chi connectivity index (χ2n) is 3.20. The molecule has 1 radical (unpaired) electrons. The van der Waals surface area contributed by atoms with Crippen molar-refractivity contribution in [3.05, 3.63) is 19.6 Å². The van der Waals surface area contributed by atoms with E-state index in [1.807, 2.05) is 6.92 Å². The van der Waals surface area contributed by atoms with Gasteiger partial charge in [0.2, 0.25) is 0 Å². The van der Waals surface area contributed by atoms with Crippen LogP contribution in [0, 0.1) is 6.92 Å². The van der Waals surface area contributed by atoms with E-state index in [1.165, 1.54) is 0 Å². The van der Waals surface area contributed by atoms with E-state index in [9.17, 15) is 9.90 Å². The third-order valence-electron chi connectivity index (χ3n) is 1.98. The predicted molar refractivity (Wildman–Crippen MR) is 55.6 cm³/mol. The highest BCUT2D eigenvalue weighted by molar-refractivity contribution is 5.81. The van der Waals surface area contributed by atoms with E-state index in [1.54, 1.807) is 0 Å². The minimum absolute atomic E-state index is 0.220. The Bertz CT molecular complexity index is 177. The van der Waals surface area contributed by atoms with Crippen LogP contribution in [-0.2, 0) is 9.53 Å². The van der Waals surface area contributed by atoms with Crippen molar-refractivity contribution in [1.82, 2.24) is 0 Å². The average molecular weight is 199 g/mol. The van der Waals surface area contributed by atoms with Gasteiger partial charge in [-0.15, -0.1) is 0 Å². The molecule has 0 fully saturated rings. The average Bonchev–Trinajstić information content (AvgIpc) is 2.16. The number of esters is 1. The molecule has 0 rings (SSSR count). The van der Waals surface area contributed by atoms with E-state index in [4.69, 9.17) is 4.74 Å². The van der Waals surface area contributed by atoms with Gasteiger partial charge in [-0.05, 0) is 12.8 Å². The van der Waals surface area contributed by atoms with Crippen LogP contribution in [0.1, 0.15) is 32.6 Å². The third kappa shape index (κ3) is 5.75. The minimum atomic E-state index is -0.435. The van der Waals surface area contributed by atoms with E-state index in [2.05, 4.69) is 13.5 Å². The molecule has 81 valence electrons. The Labute approximate surface area is 85.8 Å². The molecule has 0 spiro atoms. The van der Waals surface area contributed by atoms with Crippen LogP contribution >= 0.6 is 0 Å². The fourth-order valence-corrected chi connectivity index (χ4v) is 1.17. The molecule has 0 saturated heterocycles. The molecule has 3 heteroatoms. The fraction of sp³-hybridized carbons (Fsp3) is 0.636. The second kappa shape index (κ2) is 7.56. The molecule has 1 N–H and O–H groups in total. The third-order valence-corrected chi connectivity index (χ3v) is 1.98. The summed E-state index contributed by atoms with van der Waals surface area (Å²) < 4.78 is 5.03. The van der Waals surface area contributed by atoms with Crippen molar-refractivity contribution >= 4 is 5.97 Å². The molecule has 0 aliphatic carbocycles. The summed E-state index contributed by atoms with van der Waals surface area (Å²) in [5.41, 5.74) is 0. The summed E-state index contributed by atoms with van der Waals surface area (Å²) in [6, 6.07) is 0. The van der Waals surface area contributed by atoms with E-state index < -0.39 is 12.1 Å². The minimum Gasteiger partial charge on any atom is -0.459 e. The molecule has 14 heavy (non-hydrogen) atoms. The molecule has 0 aromatic rings. The van der Waals surface area contributed by atoms with E-state index in [0.717, 1.165) is 6.08 Å². The molecule has 0 bridgehead atoms. The van der Waals surface area contributed by atoms with Crippen LogP contribution in [0.3, 0.4) is 0 Å². The maximum atomic E-state index is 10.9. The smallest absolute Gasteiger partial charge is 0.330 e. The molecule has 0 aliphatic heterocycles. The fourth-order valence-electron chi connectivity index (χ4n) is 1.17. The number of carbonyl (C=O) groups is 1.